The third-order valence-electron chi connectivity index (χ3n) is 2.44. The largest absolute Gasteiger partial charge is 0.355 e. The first-order valence-corrected chi connectivity index (χ1v) is 5.70. The third kappa shape index (κ3) is 6.08. The lowest BCUT2D eigenvalue weighted by Crippen LogP contribution is -2.32. The van der Waals surface area contributed by atoms with Crippen LogP contribution < -0.4 is 10.6 Å². The number of nitrogens with one attached hydrogen (secondary N) is 2. The van der Waals surface area contributed by atoms with Gasteiger partial charge in [-0.1, -0.05) is 0 Å². The molecule has 1 aliphatic rings. The molecule has 0 radical (unpaired) electrons. The van der Waals surface area contributed by atoms with Crippen LogP contribution in [0.1, 0.15) is 32.1 Å². The van der Waals surface area contributed by atoms with Gasteiger partial charge in [-0.05, 0) is 32.2 Å². The Labute approximate surface area is 91.0 Å². The Morgan fingerprint density at radius 2 is 2.07 bits per heavy atom. The molecule has 1 amide bonds. The van der Waals surface area contributed by atoms with Gasteiger partial charge in [-0.15, -0.1) is 0 Å². The topological polar surface area (TPSA) is 64.9 Å². The van der Waals surface area contributed by atoms with Crippen LogP contribution in [0.3, 0.4) is 0 Å². The van der Waals surface area contributed by atoms with Gasteiger partial charge in [0.05, 0.1) is 6.07 Å². The van der Waals surface area contributed by atoms with E-state index in [9.17, 15) is 4.79 Å². The van der Waals surface area contributed by atoms with E-state index in [4.69, 9.17) is 5.26 Å². The van der Waals surface area contributed by atoms with Gasteiger partial charge in [-0.25, -0.2) is 0 Å². The Morgan fingerprint density at radius 3 is 2.73 bits per heavy atom. The Kier molecular flexibility index (Phi) is 5.79. The van der Waals surface area contributed by atoms with E-state index >= 15 is 0 Å². The molecule has 2 N–H and O–H groups in total. The van der Waals surface area contributed by atoms with Gasteiger partial charge in [0, 0.05) is 25.4 Å². The molecule has 1 aliphatic carbocycles. The summed E-state index contributed by atoms with van der Waals surface area (Å²) in [6.45, 7) is 2.47. The number of unbranched alkanes of at least 4 members (excludes halogenated alkanes) is 2. The van der Waals surface area contributed by atoms with Crippen LogP contribution in [-0.2, 0) is 4.79 Å². The fourth-order valence-corrected chi connectivity index (χ4v) is 1.34. The van der Waals surface area contributed by atoms with E-state index in [-0.39, 0.29) is 5.91 Å². The molecule has 0 atom stereocenters. The van der Waals surface area contributed by atoms with Crippen LogP contribution in [0.5, 0.6) is 0 Å². The molecular weight excluding hydrogens is 190 g/mol. The normalized spacial score (nSPS) is 14.6. The molecule has 0 unspecified atom stereocenters. The zero-order valence-corrected chi connectivity index (χ0v) is 9.09. The van der Waals surface area contributed by atoms with Gasteiger partial charge in [0.2, 0.25) is 5.91 Å². The second-order valence-corrected chi connectivity index (χ2v) is 3.93. The van der Waals surface area contributed by atoms with E-state index in [1.807, 2.05) is 0 Å². The average Bonchev–Trinajstić information content (AvgIpc) is 3.05. The van der Waals surface area contributed by atoms with E-state index < -0.39 is 0 Å². The zero-order chi connectivity index (χ0) is 10.9. The van der Waals surface area contributed by atoms with Gasteiger partial charge in [0.1, 0.15) is 0 Å². The lowest BCUT2D eigenvalue weighted by molar-refractivity contribution is -0.122. The molecule has 84 valence electrons. The molecule has 1 fully saturated rings. The molecule has 15 heavy (non-hydrogen) atoms. The van der Waals surface area contributed by atoms with Crippen molar-refractivity contribution < 1.29 is 4.79 Å². The Balaban J connectivity index is 1.77. The number of rotatable bonds is 8. The third-order valence-corrected chi connectivity index (χ3v) is 2.44. The first-order valence-electron chi connectivity index (χ1n) is 5.70. The van der Waals surface area contributed by atoms with Crippen molar-refractivity contribution in [3.8, 4) is 6.07 Å². The second kappa shape index (κ2) is 7.24. The number of carbonyl (C=O) groups excluding carboxylic acids is 1. The lowest BCUT2D eigenvalue weighted by atomic mass is 10.2. The highest BCUT2D eigenvalue weighted by Crippen LogP contribution is 2.28. The summed E-state index contributed by atoms with van der Waals surface area (Å²) >= 11 is 0. The van der Waals surface area contributed by atoms with Crippen molar-refractivity contribution in [1.82, 2.24) is 10.6 Å². The van der Waals surface area contributed by atoms with E-state index in [0.29, 0.717) is 18.9 Å². The van der Waals surface area contributed by atoms with E-state index in [1.165, 1.54) is 0 Å². The van der Waals surface area contributed by atoms with Gasteiger partial charge in [0.25, 0.3) is 0 Å². The van der Waals surface area contributed by atoms with Gasteiger partial charge in [0.15, 0.2) is 0 Å². The summed E-state index contributed by atoms with van der Waals surface area (Å²) in [6, 6.07) is 2.12. The molecule has 4 nitrogen and oxygen atoms in total. The van der Waals surface area contributed by atoms with Crippen LogP contribution in [0.15, 0.2) is 0 Å². The van der Waals surface area contributed by atoms with Crippen LogP contribution in [0.25, 0.3) is 0 Å². The summed E-state index contributed by atoms with van der Waals surface area (Å²) < 4.78 is 0. The summed E-state index contributed by atoms with van der Waals surface area (Å²) in [5.74, 6) is 0.516. The maximum absolute atomic E-state index is 11.2. The predicted octanol–water partition coefficient (Wildman–Crippen LogP) is 0.796. The minimum Gasteiger partial charge on any atom is -0.355 e. The minimum atomic E-state index is 0.210. The van der Waals surface area contributed by atoms with Gasteiger partial charge in [-0.2, -0.15) is 5.26 Å². The Hall–Kier alpha value is -1.08. The predicted molar refractivity (Wildman–Crippen MR) is 58.1 cm³/mol. The second-order valence-electron chi connectivity index (χ2n) is 3.93. The Morgan fingerprint density at radius 1 is 1.27 bits per heavy atom. The van der Waals surface area contributed by atoms with E-state index in [2.05, 4.69) is 16.7 Å². The van der Waals surface area contributed by atoms with Crippen molar-refractivity contribution in [1.29, 1.82) is 5.26 Å². The van der Waals surface area contributed by atoms with Gasteiger partial charge >= 0.3 is 0 Å². The van der Waals surface area contributed by atoms with Crippen molar-refractivity contribution in [3.05, 3.63) is 0 Å². The summed E-state index contributed by atoms with van der Waals surface area (Å²) in [6.07, 6.45) is 4.75. The van der Waals surface area contributed by atoms with Crippen molar-refractivity contribution in [2.45, 2.75) is 32.1 Å². The summed E-state index contributed by atoms with van der Waals surface area (Å²) in [4.78, 5) is 11.2. The Bertz CT molecular complexity index is 230. The van der Waals surface area contributed by atoms with Gasteiger partial charge < -0.3 is 10.6 Å². The average molecular weight is 209 g/mol. The highest BCUT2D eigenvalue weighted by Gasteiger charge is 2.28. The first-order chi connectivity index (χ1) is 7.34. The molecule has 1 saturated carbocycles. The highest BCUT2D eigenvalue weighted by atomic mass is 16.2. The SMILES string of the molecule is N#CCCCCNCCNC(=O)C1CC1. The number of carbonyl (C=O) groups is 1. The molecule has 0 spiro atoms. The lowest BCUT2D eigenvalue weighted by Gasteiger charge is -2.05. The monoisotopic (exact) mass is 209 g/mol. The zero-order valence-electron chi connectivity index (χ0n) is 9.09. The van der Waals surface area contributed by atoms with Crippen LogP contribution >= 0.6 is 0 Å². The summed E-state index contributed by atoms with van der Waals surface area (Å²) in [5.41, 5.74) is 0. The molecule has 0 aliphatic heterocycles. The van der Waals surface area contributed by atoms with Crippen molar-refractivity contribution in [2.24, 2.45) is 5.92 Å². The molecule has 0 bridgehead atoms. The molecule has 4 heteroatoms. The summed E-state index contributed by atoms with van der Waals surface area (Å²) in [7, 11) is 0. The number of amides is 1. The summed E-state index contributed by atoms with van der Waals surface area (Å²) in [5, 5.41) is 14.4. The molecular formula is C11H19N3O. The van der Waals surface area contributed by atoms with Crippen LogP contribution in [0.2, 0.25) is 0 Å². The maximum atomic E-state index is 11.2. The van der Waals surface area contributed by atoms with Crippen molar-refractivity contribution in [3.63, 3.8) is 0 Å². The number of nitriles is 1. The highest BCUT2D eigenvalue weighted by molar-refractivity contribution is 5.80. The van der Waals surface area contributed by atoms with Crippen molar-refractivity contribution >= 4 is 5.91 Å². The van der Waals surface area contributed by atoms with Crippen LogP contribution in [0, 0.1) is 17.2 Å². The van der Waals surface area contributed by atoms with Crippen LogP contribution in [-0.4, -0.2) is 25.5 Å². The molecule has 0 heterocycles. The number of nitrogens with zero attached hydrogens (tertiary/aromatic N) is 1. The fraction of sp³-hybridized carbons (Fsp3) is 0.818. The van der Waals surface area contributed by atoms with Crippen molar-refractivity contribution in [2.75, 3.05) is 19.6 Å². The first kappa shape index (κ1) is 12.0. The number of hydrogen-bond acceptors (Lipinski definition) is 3. The van der Waals surface area contributed by atoms with Gasteiger partial charge in [-0.3, -0.25) is 4.79 Å². The standard InChI is InChI=1S/C11H19N3O/c12-6-2-1-3-7-13-8-9-14-11(15)10-4-5-10/h10,13H,1-5,7-9H2,(H,14,15). The molecule has 0 saturated heterocycles. The quantitative estimate of drug-likeness (QED) is 0.581. The smallest absolute Gasteiger partial charge is 0.223 e. The van der Waals surface area contributed by atoms with Crippen LogP contribution in [0.4, 0.5) is 0 Å². The number of hydrogen-bond donors (Lipinski definition) is 2. The molecule has 1 rings (SSSR count). The maximum Gasteiger partial charge on any atom is 0.223 e. The molecule has 0 aromatic carbocycles. The molecule has 0 aromatic rings. The molecule has 0 aromatic heterocycles. The van der Waals surface area contributed by atoms with E-state index in [1.54, 1.807) is 0 Å². The minimum absolute atomic E-state index is 0.210. The fourth-order valence-electron chi connectivity index (χ4n) is 1.34. The van der Waals surface area contributed by atoms with E-state index in [0.717, 1.165) is 38.8 Å².